The summed E-state index contributed by atoms with van der Waals surface area (Å²) < 4.78 is 1.98. The fourth-order valence-corrected chi connectivity index (χ4v) is 2.84. The lowest BCUT2D eigenvalue weighted by Crippen LogP contribution is -2.36. The maximum atomic E-state index is 8.84. The van der Waals surface area contributed by atoms with E-state index >= 15 is 0 Å². The molecular weight excluding hydrogens is 264 g/mol. The molecule has 1 saturated heterocycles. The average molecular weight is 292 g/mol. The summed E-state index contributed by atoms with van der Waals surface area (Å²) in [6, 6.07) is 0. The van der Waals surface area contributed by atoms with Crippen molar-refractivity contribution in [2.75, 3.05) is 26.2 Å². The van der Waals surface area contributed by atoms with Crippen LogP contribution in [0.25, 0.3) is 0 Å². The third-order valence-corrected chi connectivity index (χ3v) is 4.30. The Hall–Kier alpha value is -1.20. The Bertz CT molecular complexity index is 447. The maximum Gasteiger partial charge on any atom is 0.0828 e. The summed E-state index contributed by atoms with van der Waals surface area (Å²) in [6.07, 6.45) is 8.30. The highest BCUT2D eigenvalue weighted by Crippen LogP contribution is 2.19. The Kier molecular flexibility index (Phi) is 6.39. The van der Waals surface area contributed by atoms with Gasteiger partial charge in [-0.05, 0) is 58.5 Å². The molecule has 0 amide bonds. The largest absolute Gasteiger partial charge is 0.396 e. The number of aryl methyl sites for hydroxylation is 1. The number of hydrogen-bond acceptors (Lipinski definition) is 4. The Balaban J connectivity index is 1.74. The highest BCUT2D eigenvalue weighted by molar-refractivity contribution is 4.99. The number of rotatable bonds is 7. The minimum absolute atomic E-state index is 0.219. The molecule has 0 aliphatic carbocycles. The van der Waals surface area contributed by atoms with Crippen molar-refractivity contribution in [2.24, 2.45) is 5.92 Å². The van der Waals surface area contributed by atoms with Crippen LogP contribution in [0, 0.1) is 5.92 Å². The summed E-state index contributed by atoms with van der Waals surface area (Å²) in [5.74, 6) is 0.708. The van der Waals surface area contributed by atoms with Crippen molar-refractivity contribution in [1.29, 1.82) is 0 Å². The van der Waals surface area contributed by atoms with E-state index in [1.54, 1.807) is 0 Å². The molecule has 2 heterocycles. The van der Waals surface area contributed by atoms with Crippen LogP contribution in [0.4, 0.5) is 0 Å². The molecule has 0 aromatic carbocycles. The Labute approximate surface area is 127 Å². The Morgan fingerprint density at radius 1 is 1.43 bits per heavy atom. The van der Waals surface area contributed by atoms with Crippen molar-refractivity contribution in [3.63, 3.8) is 0 Å². The molecule has 0 saturated carbocycles. The summed E-state index contributed by atoms with van der Waals surface area (Å²) >= 11 is 0. The van der Waals surface area contributed by atoms with Crippen LogP contribution in [0.5, 0.6) is 0 Å². The lowest BCUT2D eigenvalue weighted by atomic mass is 9.96. The molecule has 0 unspecified atom stereocenters. The van der Waals surface area contributed by atoms with Crippen molar-refractivity contribution in [3.05, 3.63) is 23.5 Å². The number of piperidine rings is 1. The van der Waals surface area contributed by atoms with Gasteiger partial charge in [0, 0.05) is 25.9 Å². The fraction of sp³-hybridized carbons (Fsp3) is 0.750. The van der Waals surface area contributed by atoms with Crippen molar-refractivity contribution >= 4 is 0 Å². The molecule has 0 radical (unpaired) electrons. The minimum atomic E-state index is 0.219. The predicted octanol–water partition coefficient (Wildman–Crippen LogP) is 1.88. The number of aliphatic hydroxyl groups excluding tert-OH is 1. The summed E-state index contributed by atoms with van der Waals surface area (Å²) in [7, 11) is 0. The van der Waals surface area contributed by atoms with Gasteiger partial charge in [0.05, 0.1) is 5.69 Å². The Morgan fingerprint density at radius 3 is 2.86 bits per heavy atom. The molecular formula is C16H28N4O. The molecule has 21 heavy (non-hydrogen) atoms. The second-order valence-electron chi connectivity index (χ2n) is 6.11. The van der Waals surface area contributed by atoms with Gasteiger partial charge in [0.2, 0.25) is 0 Å². The van der Waals surface area contributed by atoms with Gasteiger partial charge in [0.25, 0.3) is 0 Å². The van der Waals surface area contributed by atoms with E-state index < -0.39 is 0 Å². The van der Waals surface area contributed by atoms with E-state index in [1.165, 1.54) is 31.5 Å². The molecule has 118 valence electrons. The average Bonchev–Trinajstić information content (AvgIpc) is 2.94. The molecule has 5 heteroatoms. The first-order valence-electron chi connectivity index (χ1n) is 8.05. The number of hydrogen-bond donors (Lipinski definition) is 1. The van der Waals surface area contributed by atoms with Gasteiger partial charge in [-0.15, -0.1) is 5.10 Å². The quantitative estimate of drug-likeness (QED) is 0.780. The third-order valence-electron chi connectivity index (χ3n) is 4.30. The Morgan fingerprint density at radius 2 is 2.19 bits per heavy atom. The van der Waals surface area contributed by atoms with Crippen LogP contribution in [-0.4, -0.2) is 51.2 Å². The van der Waals surface area contributed by atoms with Gasteiger partial charge in [0.15, 0.2) is 0 Å². The SMILES string of the molecule is CC=C(C)CN1CCC(Cn2cc(CCCO)nn2)CC1. The molecule has 2 rings (SSSR count). The number of allylic oxidation sites excluding steroid dienone is 1. The van der Waals surface area contributed by atoms with E-state index in [-0.39, 0.29) is 6.61 Å². The first-order valence-corrected chi connectivity index (χ1v) is 8.05. The second kappa shape index (κ2) is 8.29. The van der Waals surface area contributed by atoms with Gasteiger partial charge < -0.3 is 5.11 Å². The van der Waals surface area contributed by atoms with Crippen LogP contribution in [0.15, 0.2) is 17.8 Å². The van der Waals surface area contributed by atoms with E-state index in [1.807, 2.05) is 10.9 Å². The minimum Gasteiger partial charge on any atom is -0.396 e. The third kappa shape index (κ3) is 5.25. The first kappa shape index (κ1) is 16.2. The topological polar surface area (TPSA) is 54.2 Å². The molecule has 5 nitrogen and oxygen atoms in total. The zero-order chi connectivity index (χ0) is 15.1. The normalized spacial score (nSPS) is 18.3. The van der Waals surface area contributed by atoms with Crippen LogP contribution < -0.4 is 0 Å². The molecule has 1 aromatic rings. The zero-order valence-electron chi connectivity index (χ0n) is 13.3. The molecule has 1 aromatic heterocycles. The van der Waals surface area contributed by atoms with Gasteiger partial charge in [-0.25, -0.2) is 0 Å². The van der Waals surface area contributed by atoms with E-state index in [4.69, 9.17) is 5.11 Å². The first-order chi connectivity index (χ1) is 10.2. The summed E-state index contributed by atoms with van der Waals surface area (Å²) in [5, 5.41) is 17.2. The van der Waals surface area contributed by atoms with Gasteiger partial charge in [-0.2, -0.15) is 0 Å². The summed E-state index contributed by atoms with van der Waals surface area (Å²) in [4.78, 5) is 2.54. The highest BCUT2D eigenvalue weighted by atomic mass is 16.2. The number of aliphatic hydroxyl groups is 1. The smallest absolute Gasteiger partial charge is 0.0828 e. The van der Waals surface area contributed by atoms with Crippen molar-refractivity contribution in [2.45, 2.75) is 46.1 Å². The highest BCUT2D eigenvalue weighted by Gasteiger charge is 2.19. The van der Waals surface area contributed by atoms with Gasteiger partial charge in [0.1, 0.15) is 0 Å². The van der Waals surface area contributed by atoms with Crippen LogP contribution in [0.3, 0.4) is 0 Å². The van der Waals surface area contributed by atoms with Crippen molar-refractivity contribution in [1.82, 2.24) is 19.9 Å². The standard InChI is InChI=1S/C16H28N4O/c1-3-14(2)11-19-8-6-15(7-9-19)12-20-13-16(17-18-20)5-4-10-21/h3,13,15,21H,4-12H2,1-2H3. The van der Waals surface area contributed by atoms with Crippen LogP contribution >= 0.6 is 0 Å². The molecule has 0 spiro atoms. The molecule has 1 aliphatic heterocycles. The van der Waals surface area contributed by atoms with Crippen LogP contribution in [0.1, 0.15) is 38.8 Å². The molecule has 0 bridgehead atoms. The van der Waals surface area contributed by atoms with E-state index in [0.717, 1.165) is 31.6 Å². The molecule has 1 fully saturated rings. The fourth-order valence-electron chi connectivity index (χ4n) is 2.84. The number of aromatic nitrogens is 3. The maximum absolute atomic E-state index is 8.84. The summed E-state index contributed by atoms with van der Waals surface area (Å²) in [5.41, 5.74) is 2.45. The number of nitrogens with zero attached hydrogens (tertiary/aromatic N) is 4. The molecule has 1 N–H and O–H groups in total. The van der Waals surface area contributed by atoms with Crippen LogP contribution in [-0.2, 0) is 13.0 Å². The lowest BCUT2D eigenvalue weighted by Gasteiger charge is -2.32. The van der Waals surface area contributed by atoms with Gasteiger partial charge in [-0.3, -0.25) is 9.58 Å². The van der Waals surface area contributed by atoms with Gasteiger partial charge in [-0.1, -0.05) is 16.9 Å². The molecule has 1 aliphatic rings. The van der Waals surface area contributed by atoms with E-state index in [0.29, 0.717) is 5.92 Å². The van der Waals surface area contributed by atoms with E-state index in [2.05, 4.69) is 35.1 Å². The predicted molar refractivity (Wildman–Crippen MR) is 84.0 cm³/mol. The van der Waals surface area contributed by atoms with Crippen LogP contribution in [0.2, 0.25) is 0 Å². The van der Waals surface area contributed by atoms with Gasteiger partial charge >= 0.3 is 0 Å². The zero-order valence-corrected chi connectivity index (χ0v) is 13.3. The lowest BCUT2D eigenvalue weighted by molar-refractivity contribution is 0.181. The summed E-state index contributed by atoms with van der Waals surface area (Å²) in [6.45, 7) is 8.98. The second-order valence-corrected chi connectivity index (χ2v) is 6.11. The number of likely N-dealkylation sites (tertiary alicyclic amines) is 1. The van der Waals surface area contributed by atoms with E-state index in [9.17, 15) is 0 Å². The molecule has 0 atom stereocenters. The van der Waals surface area contributed by atoms with Crippen molar-refractivity contribution < 1.29 is 5.11 Å². The monoisotopic (exact) mass is 292 g/mol. The van der Waals surface area contributed by atoms with Crippen molar-refractivity contribution in [3.8, 4) is 0 Å².